The van der Waals surface area contributed by atoms with Crippen LogP contribution in [0.3, 0.4) is 0 Å². The van der Waals surface area contributed by atoms with Crippen LogP contribution in [0.15, 0.2) is 4.99 Å². The largest absolute Gasteiger partial charge is 0.349 e. The topological polar surface area (TPSA) is 31.7 Å². The van der Waals surface area contributed by atoms with E-state index in [9.17, 15) is 0 Å². The van der Waals surface area contributed by atoms with Gasteiger partial charge in [0.25, 0.3) is 0 Å². The quantitative estimate of drug-likeness (QED) is 0.618. The number of hydrogen-bond acceptors (Lipinski definition) is 3. The van der Waals surface area contributed by atoms with Crippen molar-refractivity contribution in [2.24, 2.45) is 4.99 Å². The molecule has 0 aliphatic heterocycles. The first-order valence-corrected chi connectivity index (χ1v) is 7.11. The lowest BCUT2D eigenvalue weighted by Crippen LogP contribution is -2.35. The van der Waals surface area contributed by atoms with Crippen LogP contribution in [-0.2, 0) is 12.8 Å². The van der Waals surface area contributed by atoms with Crippen molar-refractivity contribution >= 4 is 17.3 Å². The first-order valence-electron chi connectivity index (χ1n) is 6.30. The maximum Gasteiger partial charge on any atom is 0.195 e. The molecule has 0 fully saturated rings. The van der Waals surface area contributed by atoms with Gasteiger partial charge in [-0.05, 0) is 13.3 Å². The SMILES string of the molecule is CCc1nc(CCN=C(N(C)C)N(C)C)sc1C. The fourth-order valence-electron chi connectivity index (χ4n) is 1.86. The molecule has 0 amide bonds. The highest BCUT2D eigenvalue weighted by Crippen LogP contribution is 2.18. The molecule has 0 aliphatic rings. The molecule has 0 bridgehead atoms. The molecule has 1 aromatic rings. The van der Waals surface area contributed by atoms with Crippen LogP contribution in [0.1, 0.15) is 22.5 Å². The van der Waals surface area contributed by atoms with Crippen molar-refractivity contribution in [3.63, 3.8) is 0 Å². The van der Waals surface area contributed by atoms with Crippen molar-refractivity contribution in [2.45, 2.75) is 26.7 Å². The molecule has 0 saturated carbocycles. The fourth-order valence-corrected chi connectivity index (χ4v) is 2.87. The van der Waals surface area contributed by atoms with Gasteiger partial charge in [0.05, 0.1) is 10.7 Å². The maximum absolute atomic E-state index is 4.64. The summed E-state index contributed by atoms with van der Waals surface area (Å²) in [6.45, 7) is 5.09. The predicted octanol–water partition coefficient (Wildman–Crippen LogP) is 2.04. The van der Waals surface area contributed by atoms with Crippen molar-refractivity contribution < 1.29 is 0 Å². The molecule has 0 N–H and O–H groups in total. The van der Waals surface area contributed by atoms with Crippen molar-refractivity contribution in [1.29, 1.82) is 0 Å². The van der Waals surface area contributed by atoms with Gasteiger partial charge in [0.15, 0.2) is 5.96 Å². The van der Waals surface area contributed by atoms with Crippen LogP contribution in [0.25, 0.3) is 0 Å². The van der Waals surface area contributed by atoms with Gasteiger partial charge < -0.3 is 9.80 Å². The van der Waals surface area contributed by atoms with Crippen LogP contribution in [0.5, 0.6) is 0 Å². The van der Waals surface area contributed by atoms with Crippen LogP contribution in [0.4, 0.5) is 0 Å². The van der Waals surface area contributed by atoms with Gasteiger partial charge in [-0.25, -0.2) is 4.98 Å². The Morgan fingerprint density at radius 1 is 1.22 bits per heavy atom. The van der Waals surface area contributed by atoms with Gasteiger partial charge in [0.1, 0.15) is 0 Å². The minimum atomic E-state index is 0.793. The fraction of sp³-hybridized carbons (Fsp3) is 0.692. The summed E-state index contributed by atoms with van der Waals surface area (Å²) in [5, 5.41) is 1.20. The van der Waals surface area contributed by atoms with Gasteiger partial charge in [-0.1, -0.05) is 6.92 Å². The lowest BCUT2D eigenvalue weighted by Gasteiger charge is -2.22. The third-order valence-corrected chi connectivity index (χ3v) is 3.72. The van der Waals surface area contributed by atoms with Gasteiger partial charge in [0.2, 0.25) is 0 Å². The molecule has 0 saturated heterocycles. The van der Waals surface area contributed by atoms with E-state index in [4.69, 9.17) is 0 Å². The highest BCUT2D eigenvalue weighted by molar-refractivity contribution is 7.11. The summed E-state index contributed by atoms with van der Waals surface area (Å²) < 4.78 is 0. The van der Waals surface area contributed by atoms with Crippen LogP contribution in [0.2, 0.25) is 0 Å². The molecule has 0 radical (unpaired) electrons. The average molecular weight is 268 g/mol. The van der Waals surface area contributed by atoms with Gasteiger partial charge in [-0.3, -0.25) is 4.99 Å². The average Bonchev–Trinajstić information content (AvgIpc) is 2.64. The zero-order valence-corrected chi connectivity index (χ0v) is 13.1. The van der Waals surface area contributed by atoms with E-state index in [1.54, 1.807) is 11.3 Å². The molecular formula is C13H24N4S. The molecule has 0 unspecified atom stereocenters. The molecule has 1 aromatic heterocycles. The lowest BCUT2D eigenvalue weighted by molar-refractivity contribution is 0.479. The van der Waals surface area contributed by atoms with Gasteiger partial charge >= 0.3 is 0 Å². The number of hydrogen-bond donors (Lipinski definition) is 0. The van der Waals surface area contributed by atoms with Crippen LogP contribution in [0, 0.1) is 6.92 Å². The molecule has 18 heavy (non-hydrogen) atoms. The van der Waals surface area contributed by atoms with Gasteiger partial charge in [-0.15, -0.1) is 11.3 Å². The van der Waals surface area contributed by atoms with E-state index in [2.05, 4.69) is 23.8 Å². The third-order valence-electron chi connectivity index (χ3n) is 2.65. The summed E-state index contributed by atoms with van der Waals surface area (Å²) in [7, 11) is 8.06. The number of nitrogens with zero attached hydrogens (tertiary/aromatic N) is 4. The Hall–Kier alpha value is -1.10. The van der Waals surface area contributed by atoms with Crippen molar-refractivity contribution in [3.8, 4) is 0 Å². The highest BCUT2D eigenvalue weighted by atomic mass is 32.1. The summed E-state index contributed by atoms with van der Waals surface area (Å²) >= 11 is 1.80. The molecule has 0 aliphatic carbocycles. The van der Waals surface area contributed by atoms with Crippen LogP contribution < -0.4 is 0 Å². The van der Waals surface area contributed by atoms with Crippen molar-refractivity contribution in [1.82, 2.24) is 14.8 Å². The predicted molar refractivity (Wildman–Crippen MR) is 79.6 cm³/mol. The number of aromatic nitrogens is 1. The van der Waals surface area contributed by atoms with E-state index in [1.807, 2.05) is 38.0 Å². The summed E-state index contributed by atoms with van der Waals surface area (Å²) in [5.74, 6) is 0.999. The van der Waals surface area contributed by atoms with Crippen LogP contribution in [-0.4, -0.2) is 55.5 Å². The molecule has 0 atom stereocenters. The Morgan fingerprint density at radius 2 is 1.83 bits per heavy atom. The normalized spacial score (nSPS) is 10.3. The third kappa shape index (κ3) is 3.98. The Labute approximate surface area is 114 Å². The number of rotatable bonds is 4. The first-order chi connectivity index (χ1) is 8.45. The Kier molecular flexibility index (Phi) is 5.59. The smallest absolute Gasteiger partial charge is 0.195 e. The second-order valence-electron chi connectivity index (χ2n) is 4.68. The zero-order valence-electron chi connectivity index (χ0n) is 12.3. The van der Waals surface area contributed by atoms with Gasteiger partial charge in [-0.2, -0.15) is 0 Å². The maximum atomic E-state index is 4.64. The summed E-state index contributed by atoms with van der Waals surface area (Å²) in [4.78, 5) is 14.7. The zero-order chi connectivity index (χ0) is 13.7. The van der Waals surface area contributed by atoms with Gasteiger partial charge in [0, 0.05) is 46.0 Å². The van der Waals surface area contributed by atoms with E-state index < -0.39 is 0 Å². The molecule has 0 spiro atoms. The molecule has 0 aromatic carbocycles. The lowest BCUT2D eigenvalue weighted by atomic mass is 10.3. The van der Waals surface area contributed by atoms with E-state index in [1.165, 1.54) is 15.6 Å². The molecule has 5 heteroatoms. The number of thiazole rings is 1. The van der Waals surface area contributed by atoms with E-state index >= 15 is 0 Å². The van der Waals surface area contributed by atoms with Crippen molar-refractivity contribution in [2.75, 3.05) is 34.7 Å². The second kappa shape index (κ2) is 6.73. The van der Waals surface area contributed by atoms with E-state index in [0.717, 1.165) is 25.3 Å². The second-order valence-corrected chi connectivity index (χ2v) is 5.97. The highest BCUT2D eigenvalue weighted by Gasteiger charge is 2.07. The number of guanidine groups is 1. The minimum Gasteiger partial charge on any atom is -0.349 e. The summed E-state index contributed by atoms with van der Waals surface area (Å²) in [6.07, 6.45) is 1.95. The minimum absolute atomic E-state index is 0.793. The number of aliphatic imine (C=N–C) groups is 1. The molecule has 1 rings (SSSR count). The Balaban J connectivity index is 2.61. The molecule has 4 nitrogen and oxygen atoms in total. The summed E-state index contributed by atoms with van der Waals surface area (Å²) in [6, 6.07) is 0. The number of aryl methyl sites for hydroxylation is 2. The monoisotopic (exact) mass is 268 g/mol. The molecular weight excluding hydrogens is 244 g/mol. The standard InChI is InChI=1S/C13H24N4S/c1-7-11-10(2)18-12(15-11)8-9-14-13(16(3)4)17(5)6/h7-9H2,1-6H3. The van der Waals surface area contributed by atoms with E-state index in [0.29, 0.717) is 0 Å². The first kappa shape index (κ1) is 15.0. The van der Waals surface area contributed by atoms with Crippen LogP contribution >= 0.6 is 11.3 Å². The Bertz CT molecular complexity index is 397. The van der Waals surface area contributed by atoms with Crippen molar-refractivity contribution in [3.05, 3.63) is 15.6 Å². The molecule has 1 heterocycles. The summed E-state index contributed by atoms with van der Waals surface area (Å²) in [5.41, 5.74) is 1.24. The van der Waals surface area contributed by atoms with E-state index in [-0.39, 0.29) is 0 Å². The Morgan fingerprint density at radius 3 is 2.28 bits per heavy atom. The molecule has 102 valence electrons.